The number of ether oxygens (including phenoxy) is 3. The maximum atomic E-state index is 12.0. The Balaban J connectivity index is 1.70. The third kappa shape index (κ3) is 6.03. The molecule has 5 nitrogen and oxygen atoms in total. The topological polar surface area (TPSA) is 56.8 Å². The number of hydrogen-bond acceptors (Lipinski definition) is 4. The largest absolute Gasteiger partial charge is 0.494 e. The van der Waals surface area contributed by atoms with Crippen LogP contribution in [0.15, 0.2) is 42.5 Å². The van der Waals surface area contributed by atoms with Gasteiger partial charge in [-0.1, -0.05) is 18.2 Å². The minimum absolute atomic E-state index is 0.0252. The van der Waals surface area contributed by atoms with Crippen molar-refractivity contribution in [1.82, 2.24) is 5.32 Å². The average molecular weight is 343 g/mol. The van der Waals surface area contributed by atoms with E-state index in [1.807, 2.05) is 43.3 Å². The minimum atomic E-state index is -0.0252. The van der Waals surface area contributed by atoms with E-state index in [1.54, 1.807) is 20.3 Å². The maximum Gasteiger partial charge on any atom is 0.224 e. The molecule has 0 saturated carbocycles. The van der Waals surface area contributed by atoms with E-state index in [0.29, 0.717) is 31.1 Å². The Morgan fingerprint density at radius 3 is 2.56 bits per heavy atom. The van der Waals surface area contributed by atoms with Gasteiger partial charge in [0.05, 0.1) is 27.2 Å². The van der Waals surface area contributed by atoms with Crippen molar-refractivity contribution >= 4 is 5.91 Å². The van der Waals surface area contributed by atoms with E-state index < -0.39 is 0 Å². The summed E-state index contributed by atoms with van der Waals surface area (Å²) in [5, 5.41) is 2.90. The highest BCUT2D eigenvalue weighted by Crippen LogP contribution is 2.27. The Hall–Kier alpha value is -2.69. The van der Waals surface area contributed by atoms with Crippen molar-refractivity contribution in [2.75, 3.05) is 27.4 Å². The number of methoxy groups -OCH3 is 2. The number of hydrogen-bond donors (Lipinski definition) is 1. The zero-order valence-corrected chi connectivity index (χ0v) is 15.0. The molecule has 0 atom stereocenters. The summed E-state index contributed by atoms with van der Waals surface area (Å²) in [4.78, 5) is 12.0. The van der Waals surface area contributed by atoms with Crippen molar-refractivity contribution in [3.8, 4) is 17.2 Å². The molecule has 5 heteroatoms. The molecule has 1 N–H and O–H groups in total. The second-order valence-electron chi connectivity index (χ2n) is 5.73. The number of amides is 1. The van der Waals surface area contributed by atoms with E-state index >= 15 is 0 Å². The third-order valence-electron chi connectivity index (χ3n) is 3.71. The molecular formula is C20H25NO4. The fourth-order valence-corrected chi connectivity index (χ4v) is 2.43. The van der Waals surface area contributed by atoms with Crippen LogP contribution in [0.2, 0.25) is 0 Å². The second kappa shape index (κ2) is 9.57. The average Bonchev–Trinajstić information content (AvgIpc) is 2.61. The van der Waals surface area contributed by atoms with Crippen LogP contribution in [0.25, 0.3) is 0 Å². The van der Waals surface area contributed by atoms with Crippen molar-refractivity contribution in [1.29, 1.82) is 0 Å². The summed E-state index contributed by atoms with van der Waals surface area (Å²) in [7, 11) is 3.17. The first-order chi connectivity index (χ1) is 12.1. The maximum absolute atomic E-state index is 12.0. The summed E-state index contributed by atoms with van der Waals surface area (Å²) in [5.41, 5.74) is 2.05. The SMILES string of the molecule is COc1ccc(CC(=O)NCCCOc2cccc(C)c2)cc1OC. The third-order valence-corrected chi connectivity index (χ3v) is 3.71. The van der Waals surface area contributed by atoms with E-state index in [1.165, 1.54) is 5.56 Å². The molecule has 0 spiro atoms. The Morgan fingerprint density at radius 1 is 1.04 bits per heavy atom. The zero-order chi connectivity index (χ0) is 18.1. The molecule has 1 amide bonds. The lowest BCUT2D eigenvalue weighted by Gasteiger charge is -2.10. The quantitative estimate of drug-likeness (QED) is 0.711. The van der Waals surface area contributed by atoms with E-state index in [4.69, 9.17) is 14.2 Å². The zero-order valence-electron chi connectivity index (χ0n) is 15.0. The van der Waals surface area contributed by atoms with Gasteiger partial charge >= 0.3 is 0 Å². The van der Waals surface area contributed by atoms with Gasteiger partial charge in [0, 0.05) is 6.54 Å². The van der Waals surface area contributed by atoms with Crippen LogP contribution in [-0.4, -0.2) is 33.3 Å². The molecule has 134 valence electrons. The molecule has 0 fully saturated rings. The monoisotopic (exact) mass is 343 g/mol. The van der Waals surface area contributed by atoms with Crippen molar-refractivity contribution in [3.05, 3.63) is 53.6 Å². The number of carbonyl (C=O) groups excluding carboxylic acids is 1. The van der Waals surface area contributed by atoms with Gasteiger partial charge in [-0.2, -0.15) is 0 Å². The summed E-state index contributed by atoms with van der Waals surface area (Å²) in [5.74, 6) is 2.11. The summed E-state index contributed by atoms with van der Waals surface area (Å²) in [6, 6.07) is 13.4. The van der Waals surface area contributed by atoms with Gasteiger partial charge in [-0.05, 0) is 48.7 Å². The lowest BCUT2D eigenvalue weighted by molar-refractivity contribution is -0.120. The van der Waals surface area contributed by atoms with Crippen molar-refractivity contribution in [3.63, 3.8) is 0 Å². The van der Waals surface area contributed by atoms with Crippen LogP contribution in [0.3, 0.4) is 0 Å². The van der Waals surface area contributed by atoms with Gasteiger partial charge < -0.3 is 19.5 Å². The van der Waals surface area contributed by atoms with Crippen LogP contribution in [-0.2, 0) is 11.2 Å². The predicted octanol–water partition coefficient (Wildman–Crippen LogP) is 3.14. The molecule has 0 saturated heterocycles. The Kier molecular flexibility index (Phi) is 7.14. The van der Waals surface area contributed by atoms with Crippen molar-refractivity contribution in [2.24, 2.45) is 0 Å². The molecule has 2 aromatic carbocycles. The van der Waals surface area contributed by atoms with Gasteiger partial charge in [-0.15, -0.1) is 0 Å². The molecule has 0 aliphatic carbocycles. The molecule has 0 bridgehead atoms. The normalized spacial score (nSPS) is 10.2. The van der Waals surface area contributed by atoms with Gasteiger partial charge in [-0.3, -0.25) is 4.79 Å². The fraction of sp³-hybridized carbons (Fsp3) is 0.350. The fourth-order valence-electron chi connectivity index (χ4n) is 2.43. The first-order valence-corrected chi connectivity index (χ1v) is 8.29. The molecule has 0 radical (unpaired) electrons. The van der Waals surface area contributed by atoms with E-state index in [0.717, 1.165) is 17.7 Å². The summed E-state index contributed by atoms with van der Waals surface area (Å²) < 4.78 is 16.1. The highest BCUT2D eigenvalue weighted by atomic mass is 16.5. The second-order valence-corrected chi connectivity index (χ2v) is 5.73. The molecular weight excluding hydrogens is 318 g/mol. The molecule has 0 heterocycles. The number of carbonyl (C=O) groups is 1. The highest BCUT2D eigenvalue weighted by Gasteiger charge is 2.08. The molecule has 0 aliphatic rings. The first kappa shape index (κ1) is 18.6. The Morgan fingerprint density at radius 2 is 1.84 bits per heavy atom. The van der Waals surface area contributed by atoms with Gasteiger partial charge in [0.15, 0.2) is 11.5 Å². The van der Waals surface area contributed by atoms with Crippen LogP contribution in [0.1, 0.15) is 17.5 Å². The van der Waals surface area contributed by atoms with Gasteiger partial charge in [0.25, 0.3) is 0 Å². The molecule has 0 aliphatic heterocycles. The molecule has 25 heavy (non-hydrogen) atoms. The van der Waals surface area contributed by atoms with Gasteiger partial charge in [-0.25, -0.2) is 0 Å². The van der Waals surface area contributed by atoms with Crippen molar-refractivity contribution in [2.45, 2.75) is 19.8 Å². The number of rotatable bonds is 9. The van der Waals surface area contributed by atoms with Gasteiger partial charge in [0.1, 0.15) is 5.75 Å². The van der Waals surface area contributed by atoms with E-state index in [9.17, 15) is 4.79 Å². The standard InChI is InChI=1S/C20H25NO4/c1-15-6-4-7-17(12-15)25-11-5-10-21-20(22)14-16-8-9-18(23-2)19(13-16)24-3/h4,6-9,12-13H,5,10-11,14H2,1-3H3,(H,21,22). The van der Waals surface area contributed by atoms with E-state index in [-0.39, 0.29) is 5.91 Å². The smallest absolute Gasteiger partial charge is 0.224 e. The number of benzene rings is 2. The van der Waals surface area contributed by atoms with Crippen molar-refractivity contribution < 1.29 is 19.0 Å². The highest BCUT2D eigenvalue weighted by molar-refractivity contribution is 5.78. The van der Waals surface area contributed by atoms with Gasteiger partial charge in [0.2, 0.25) is 5.91 Å². The minimum Gasteiger partial charge on any atom is -0.494 e. The van der Waals surface area contributed by atoms with Crippen LogP contribution >= 0.6 is 0 Å². The summed E-state index contributed by atoms with van der Waals surface area (Å²) in [6.45, 7) is 3.18. The predicted molar refractivity (Wildman–Crippen MR) is 97.6 cm³/mol. The Labute approximate surface area is 148 Å². The number of aryl methyl sites for hydroxylation is 1. The lowest BCUT2D eigenvalue weighted by Crippen LogP contribution is -2.27. The molecule has 0 unspecified atom stereocenters. The summed E-state index contributed by atoms with van der Waals surface area (Å²) in [6.07, 6.45) is 1.06. The molecule has 0 aromatic heterocycles. The molecule has 2 aromatic rings. The van der Waals surface area contributed by atoms with Crippen LogP contribution < -0.4 is 19.5 Å². The first-order valence-electron chi connectivity index (χ1n) is 8.29. The van der Waals surface area contributed by atoms with E-state index in [2.05, 4.69) is 5.32 Å². The van der Waals surface area contributed by atoms with Crippen LogP contribution in [0, 0.1) is 6.92 Å². The van der Waals surface area contributed by atoms with Crippen LogP contribution in [0.5, 0.6) is 17.2 Å². The van der Waals surface area contributed by atoms with Crippen LogP contribution in [0.4, 0.5) is 0 Å². The number of nitrogens with one attached hydrogen (secondary N) is 1. The molecule has 2 rings (SSSR count). The lowest BCUT2D eigenvalue weighted by atomic mass is 10.1. The summed E-state index contributed by atoms with van der Waals surface area (Å²) >= 11 is 0. The Bertz CT molecular complexity index is 700.